The standard InChI is InChI=1S/C39H36ClF2N7O7S2/c1-39(2,57(4,53)54)22-6-8-26-30(16-22)45-37(49(38(26)52)32-11-9-28(40)34-35(32)48(3)46-36(34)47-58(5,55)56)31(14-20-12-23(41)17-24(42)13-20)44-33(51)15-21-19-43-29-10-7-25(50)18-27(21)29/h6-13,16-19,31,43,50H,14-15H2,1-5H3,(H,44,51)(H,46,47). The molecule has 0 saturated carbocycles. The number of hydrogen-bond acceptors (Lipinski definition) is 9. The molecule has 0 aliphatic carbocycles. The Balaban J connectivity index is 1.50. The quantitative estimate of drug-likeness (QED) is 0.126. The van der Waals surface area contributed by atoms with Crippen molar-refractivity contribution in [3.63, 3.8) is 0 Å². The molecule has 19 heteroatoms. The largest absolute Gasteiger partial charge is 0.508 e. The van der Waals surface area contributed by atoms with E-state index >= 15 is 0 Å². The number of fused-ring (bicyclic) bond motifs is 3. The van der Waals surface area contributed by atoms with Gasteiger partial charge in [-0.2, -0.15) is 5.10 Å². The molecule has 14 nitrogen and oxygen atoms in total. The fraction of sp³-hybridized carbons (Fsp3) is 0.231. The number of hydrogen-bond donors (Lipinski definition) is 4. The van der Waals surface area contributed by atoms with Gasteiger partial charge in [0.15, 0.2) is 15.7 Å². The van der Waals surface area contributed by atoms with Crippen LogP contribution in [0.2, 0.25) is 5.02 Å². The Kier molecular flexibility index (Phi) is 10.1. The van der Waals surface area contributed by atoms with Gasteiger partial charge in [0, 0.05) is 42.9 Å². The molecule has 4 aromatic carbocycles. The van der Waals surface area contributed by atoms with Gasteiger partial charge in [0.05, 0.1) is 56.0 Å². The van der Waals surface area contributed by atoms with Crippen molar-refractivity contribution in [3.05, 3.63) is 122 Å². The molecule has 0 aliphatic heterocycles. The Hall–Kier alpha value is -5.85. The predicted molar refractivity (Wildman–Crippen MR) is 218 cm³/mol. The topological polar surface area (TPSA) is 198 Å². The minimum atomic E-state index is -3.86. The number of sulfonamides is 1. The highest BCUT2D eigenvalue weighted by Gasteiger charge is 2.34. The highest BCUT2D eigenvalue weighted by atomic mass is 35.5. The summed E-state index contributed by atoms with van der Waals surface area (Å²) >= 11 is 6.64. The van der Waals surface area contributed by atoms with E-state index in [2.05, 4.69) is 20.1 Å². The number of H-pyrrole nitrogens is 1. The van der Waals surface area contributed by atoms with Gasteiger partial charge in [0.2, 0.25) is 15.9 Å². The van der Waals surface area contributed by atoms with Gasteiger partial charge in [-0.1, -0.05) is 17.7 Å². The van der Waals surface area contributed by atoms with Crippen LogP contribution < -0.4 is 15.6 Å². The van der Waals surface area contributed by atoms with Crippen LogP contribution in [0.4, 0.5) is 14.6 Å². The molecule has 1 amide bonds. The highest BCUT2D eigenvalue weighted by Crippen LogP contribution is 2.36. The number of sulfone groups is 1. The molecular weight excluding hydrogens is 816 g/mol. The third kappa shape index (κ3) is 7.61. The molecule has 1 unspecified atom stereocenters. The zero-order valence-corrected chi connectivity index (χ0v) is 33.9. The molecule has 0 spiro atoms. The van der Waals surface area contributed by atoms with Crippen molar-refractivity contribution in [2.24, 2.45) is 7.05 Å². The SMILES string of the molecule is Cn1nc(NS(C)(=O)=O)c2c(Cl)ccc(-n3c(C(Cc4cc(F)cc(F)c4)NC(=O)Cc4c[nH]c5ccc(O)cc45)nc4cc(C(C)(C)S(C)(=O)=O)ccc4c3=O)c21. The van der Waals surface area contributed by atoms with E-state index in [-0.39, 0.29) is 68.3 Å². The molecule has 7 rings (SSSR count). The van der Waals surface area contributed by atoms with Gasteiger partial charge in [-0.3, -0.25) is 23.6 Å². The van der Waals surface area contributed by atoms with E-state index in [1.165, 1.54) is 72.6 Å². The number of anilines is 1. The number of aryl methyl sites for hydroxylation is 1. The summed E-state index contributed by atoms with van der Waals surface area (Å²) in [4.78, 5) is 37.0. The lowest BCUT2D eigenvalue weighted by atomic mass is 10.00. The zero-order chi connectivity index (χ0) is 42.1. The number of carbonyl (C=O) groups is 1. The fourth-order valence-corrected chi connectivity index (χ4v) is 8.24. The second-order valence-corrected chi connectivity index (χ2v) is 19.3. The summed E-state index contributed by atoms with van der Waals surface area (Å²) in [5.74, 6) is -2.68. The molecule has 7 aromatic rings. The Morgan fingerprint density at radius 3 is 2.36 bits per heavy atom. The van der Waals surface area contributed by atoms with Gasteiger partial charge in [-0.05, 0) is 85.1 Å². The number of aromatic nitrogens is 5. The van der Waals surface area contributed by atoms with Crippen molar-refractivity contribution >= 4 is 75.9 Å². The first-order chi connectivity index (χ1) is 27.1. The summed E-state index contributed by atoms with van der Waals surface area (Å²) < 4.78 is 83.2. The molecular formula is C39H36ClF2N7O7S2. The molecule has 1 atom stereocenters. The molecule has 3 aromatic heterocycles. The van der Waals surface area contributed by atoms with Crippen LogP contribution in [0.5, 0.6) is 5.75 Å². The number of benzene rings is 4. The Bertz CT molecular complexity index is 3110. The van der Waals surface area contributed by atoms with E-state index in [4.69, 9.17) is 16.6 Å². The van der Waals surface area contributed by atoms with E-state index in [9.17, 15) is 40.3 Å². The number of amides is 1. The Morgan fingerprint density at radius 2 is 1.69 bits per heavy atom. The van der Waals surface area contributed by atoms with Crippen LogP contribution in [0.25, 0.3) is 38.4 Å². The van der Waals surface area contributed by atoms with E-state index in [1.54, 1.807) is 12.3 Å². The van der Waals surface area contributed by atoms with Gasteiger partial charge < -0.3 is 15.4 Å². The van der Waals surface area contributed by atoms with Crippen LogP contribution in [-0.4, -0.2) is 64.7 Å². The third-order valence-corrected chi connectivity index (χ3v) is 13.0. The number of phenols is 1. The lowest BCUT2D eigenvalue weighted by Gasteiger charge is -2.25. The van der Waals surface area contributed by atoms with Crippen LogP contribution in [0.3, 0.4) is 0 Å². The van der Waals surface area contributed by atoms with Crippen LogP contribution in [0.15, 0.2) is 77.7 Å². The molecule has 58 heavy (non-hydrogen) atoms. The van der Waals surface area contributed by atoms with Crippen molar-refractivity contribution in [3.8, 4) is 11.4 Å². The molecule has 302 valence electrons. The van der Waals surface area contributed by atoms with E-state index in [1.807, 2.05) is 0 Å². The number of nitrogens with one attached hydrogen (secondary N) is 3. The average molecular weight is 852 g/mol. The lowest BCUT2D eigenvalue weighted by Crippen LogP contribution is -2.36. The number of rotatable bonds is 11. The monoisotopic (exact) mass is 851 g/mol. The summed E-state index contributed by atoms with van der Waals surface area (Å²) in [5.41, 5.74) is 1.20. The number of phenolic OH excluding ortho intramolecular Hbond substituents is 1. The summed E-state index contributed by atoms with van der Waals surface area (Å²) in [6.45, 7) is 3.01. The zero-order valence-electron chi connectivity index (χ0n) is 31.6. The van der Waals surface area contributed by atoms with Gasteiger partial charge in [-0.25, -0.2) is 30.6 Å². The Morgan fingerprint density at radius 1 is 0.983 bits per heavy atom. The number of carbonyl (C=O) groups excluding carboxylic acids is 1. The van der Waals surface area contributed by atoms with Gasteiger partial charge in [-0.15, -0.1) is 0 Å². The maximum absolute atomic E-state index is 14.9. The summed E-state index contributed by atoms with van der Waals surface area (Å²) in [6.07, 6.45) is 3.08. The van der Waals surface area contributed by atoms with Crippen molar-refractivity contribution < 1.29 is 35.5 Å². The minimum absolute atomic E-state index is 0.0260. The molecule has 4 N–H and O–H groups in total. The lowest BCUT2D eigenvalue weighted by molar-refractivity contribution is -0.121. The second kappa shape index (κ2) is 14.5. The molecule has 3 heterocycles. The first-order valence-corrected chi connectivity index (χ1v) is 21.7. The van der Waals surface area contributed by atoms with E-state index in [0.717, 1.165) is 24.6 Å². The summed E-state index contributed by atoms with van der Waals surface area (Å²) in [7, 11) is -6.05. The third-order valence-electron chi connectivity index (χ3n) is 10.1. The number of aromatic amines is 1. The number of nitrogens with zero attached hydrogens (tertiary/aromatic N) is 4. The number of aromatic hydroxyl groups is 1. The Labute approximate surface area is 335 Å². The predicted octanol–water partition coefficient (Wildman–Crippen LogP) is 5.68. The number of halogens is 3. The van der Waals surface area contributed by atoms with E-state index in [0.29, 0.717) is 28.1 Å². The van der Waals surface area contributed by atoms with Gasteiger partial charge >= 0.3 is 0 Å². The maximum Gasteiger partial charge on any atom is 0.266 e. The second-order valence-electron chi connectivity index (χ2n) is 14.6. The molecule has 0 fully saturated rings. The summed E-state index contributed by atoms with van der Waals surface area (Å²) in [5, 5.41) is 18.2. The molecule has 0 saturated heterocycles. The van der Waals surface area contributed by atoms with Crippen molar-refractivity contribution in [2.75, 3.05) is 17.2 Å². The fourth-order valence-electron chi connectivity index (χ4n) is 6.95. The molecule has 0 aliphatic rings. The normalized spacial score (nSPS) is 13.0. The first kappa shape index (κ1) is 40.4. The smallest absolute Gasteiger partial charge is 0.266 e. The van der Waals surface area contributed by atoms with Crippen LogP contribution in [0, 0.1) is 11.6 Å². The summed E-state index contributed by atoms with van der Waals surface area (Å²) in [6, 6.07) is 13.5. The van der Waals surface area contributed by atoms with Crippen LogP contribution >= 0.6 is 11.6 Å². The van der Waals surface area contributed by atoms with Crippen molar-refractivity contribution in [1.29, 1.82) is 0 Å². The first-order valence-electron chi connectivity index (χ1n) is 17.5. The van der Waals surface area contributed by atoms with Gasteiger partial charge in [0.25, 0.3) is 5.56 Å². The molecule has 0 bridgehead atoms. The maximum atomic E-state index is 14.9. The van der Waals surface area contributed by atoms with Gasteiger partial charge in [0.1, 0.15) is 23.2 Å². The van der Waals surface area contributed by atoms with Crippen molar-refractivity contribution in [2.45, 2.75) is 37.5 Å². The van der Waals surface area contributed by atoms with Crippen molar-refractivity contribution in [1.82, 2.24) is 29.6 Å². The highest BCUT2D eigenvalue weighted by molar-refractivity contribution is 7.92. The van der Waals surface area contributed by atoms with Crippen LogP contribution in [-0.2, 0) is 49.3 Å². The molecule has 0 radical (unpaired) electrons. The minimum Gasteiger partial charge on any atom is -0.508 e. The van der Waals surface area contributed by atoms with E-state index < -0.39 is 53.8 Å². The average Bonchev–Trinajstić information content (AvgIpc) is 3.65. The van der Waals surface area contributed by atoms with Crippen LogP contribution in [0.1, 0.15) is 42.4 Å².